The Bertz CT molecular complexity index is 1440. The van der Waals surface area contributed by atoms with Gasteiger partial charge in [-0.1, -0.05) is 60.3 Å². The topological polar surface area (TPSA) is 82.0 Å². The van der Waals surface area contributed by atoms with Gasteiger partial charge in [-0.05, 0) is 59.2 Å². The number of rotatable bonds is 4. The first-order valence-corrected chi connectivity index (χ1v) is 11.5. The van der Waals surface area contributed by atoms with E-state index in [0.717, 1.165) is 26.5 Å². The van der Waals surface area contributed by atoms with E-state index in [-0.39, 0.29) is 11.8 Å². The number of hydrogen-bond acceptors (Lipinski definition) is 4. The summed E-state index contributed by atoms with van der Waals surface area (Å²) in [6.07, 6.45) is 0. The van der Waals surface area contributed by atoms with Crippen LogP contribution in [-0.4, -0.2) is 11.8 Å². The number of hydrogen-bond donors (Lipinski definition) is 2. The normalized spacial score (nSPS) is 11.9. The number of anilines is 1. The minimum absolute atomic E-state index is 0.179. The summed E-state index contributed by atoms with van der Waals surface area (Å²) in [4.78, 5) is 27.2. The van der Waals surface area contributed by atoms with Crippen molar-refractivity contribution in [2.24, 2.45) is 0 Å². The predicted molar refractivity (Wildman–Crippen MR) is 133 cm³/mol. The molecule has 0 aliphatic carbocycles. The van der Waals surface area contributed by atoms with Crippen molar-refractivity contribution >= 4 is 29.3 Å². The zero-order valence-electron chi connectivity index (χ0n) is 18.0. The molecular weight excluding hydrogens is 442 g/mol. The Kier molecular flexibility index (Phi) is 5.86. The number of nitrogens with one attached hydrogen (secondary N) is 2. The van der Waals surface area contributed by atoms with Gasteiger partial charge in [0.15, 0.2) is 0 Å². The molecule has 1 aliphatic rings. The van der Waals surface area contributed by atoms with Crippen molar-refractivity contribution in [3.63, 3.8) is 0 Å². The average molecular weight is 462 g/mol. The molecule has 0 radical (unpaired) electrons. The van der Waals surface area contributed by atoms with Crippen LogP contribution in [0.4, 0.5) is 5.69 Å². The van der Waals surface area contributed by atoms with Gasteiger partial charge in [-0.3, -0.25) is 9.59 Å². The quantitative estimate of drug-likeness (QED) is 0.398. The van der Waals surface area contributed by atoms with Crippen molar-refractivity contribution in [3.05, 3.63) is 113 Å². The maximum atomic E-state index is 12.8. The summed E-state index contributed by atoms with van der Waals surface area (Å²) in [5.74, 6) is -0.387. The zero-order chi connectivity index (χ0) is 23.5. The van der Waals surface area contributed by atoms with Crippen molar-refractivity contribution in [1.29, 1.82) is 5.26 Å². The van der Waals surface area contributed by atoms with Crippen LogP contribution >= 0.6 is 11.8 Å². The summed E-state index contributed by atoms with van der Waals surface area (Å²) in [7, 11) is 0. The molecule has 0 spiro atoms. The standard InChI is InChI=1S/C28H19N3O2S/c29-16-18-5-9-20(10-6-18)21-11-7-19(8-12-21)17-30-27(32)22-13-14-26-24(15-22)31-28(33)23-3-1-2-4-25(23)34-26/h1-15H,17H2,(H,30,32)(H,31,33). The summed E-state index contributed by atoms with van der Waals surface area (Å²) < 4.78 is 0. The van der Waals surface area contributed by atoms with Gasteiger partial charge in [0.1, 0.15) is 0 Å². The Labute approximate surface area is 201 Å². The Morgan fingerprint density at radius 1 is 0.882 bits per heavy atom. The van der Waals surface area contributed by atoms with Gasteiger partial charge in [0.05, 0.1) is 22.9 Å². The van der Waals surface area contributed by atoms with Crippen LogP contribution in [0.2, 0.25) is 0 Å². The molecule has 164 valence electrons. The molecule has 6 heteroatoms. The molecule has 1 heterocycles. The smallest absolute Gasteiger partial charge is 0.256 e. The number of carbonyl (C=O) groups is 2. The lowest BCUT2D eigenvalue weighted by molar-refractivity contribution is 0.0949. The molecule has 4 aromatic rings. The SMILES string of the molecule is N#Cc1ccc(-c2ccc(CNC(=O)c3ccc4c(c3)NC(=O)c3ccccc3S4)cc2)cc1. The van der Waals surface area contributed by atoms with Gasteiger partial charge in [-0.2, -0.15) is 5.26 Å². The Morgan fingerprint density at radius 2 is 1.59 bits per heavy atom. The molecule has 2 amide bonds. The van der Waals surface area contributed by atoms with Gasteiger partial charge in [0.25, 0.3) is 11.8 Å². The summed E-state index contributed by atoms with van der Waals surface area (Å²) in [5, 5.41) is 14.8. The van der Waals surface area contributed by atoms with E-state index in [4.69, 9.17) is 5.26 Å². The lowest BCUT2D eigenvalue weighted by Crippen LogP contribution is -2.23. The predicted octanol–water partition coefficient (Wildman–Crippen LogP) is 5.87. The number of fused-ring (bicyclic) bond motifs is 2. The minimum atomic E-state index is -0.208. The summed E-state index contributed by atoms with van der Waals surface area (Å²) >= 11 is 1.51. The van der Waals surface area contributed by atoms with Crippen molar-refractivity contribution in [2.75, 3.05) is 5.32 Å². The highest BCUT2D eigenvalue weighted by Crippen LogP contribution is 2.39. The molecule has 0 saturated heterocycles. The van der Waals surface area contributed by atoms with Crippen molar-refractivity contribution in [3.8, 4) is 17.2 Å². The maximum absolute atomic E-state index is 12.8. The fourth-order valence-electron chi connectivity index (χ4n) is 3.75. The van der Waals surface area contributed by atoms with Crippen LogP contribution < -0.4 is 10.6 Å². The van der Waals surface area contributed by atoms with Gasteiger partial charge in [0.2, 0.25) is 0 Å². The number of carbonyl (C=O) groups excluding carboxylic acids is 2. The molecule has 34 heavy (non-hydrogen) atoms. The molecule has 4 aromatic carbocycles. The van der Waals surface area contributed by atoms with E-state index in [1.165, 1.54) is 11.8 Å². The van der Waals surface area contributed by atoms with Crippen LogP contribution in [0.3, 0.4) is 0 Å². The van der Waals surface area contributed by atoms with Crippen LogP contribution in [0.5, 0.6) is 0 Å². The van der Waals surface area contributed by atoms with Crippen LogP contribution in [0.25, 0.3) is 11.1 Å². The van der Waals surface area contributed by atoms with E-state index in [1.54, 1.807) is 30.3 Å². The number of nitrogens with zero attached hydrogens (tertiary/aromatic N) is 1. The first-order chi connectivity index (χ1) is 16.6. The molecular formula is C28H19N3O2S. The Hall–Kier alpha value is -4.34. The zero-order valence-corrected chi connectivity index (χ0v) is 18.9. The third-order valence-electron chi connectivity index (χ3n) is 5.60. The fourth-order valence-corrected chi connectivity index (χ4v) is 4.76. The monoisotopic (exact) mass is 461 g/mol. The molecule has 0 atom stereocenters. The van der Waals surface area contributed by atoms with Gasteiger partial charge in [-0.15, -0.1) is 0 Å². The Morgan fingerprint density at radius 3 is 2.32 bits per heavy atom. The van der Waals surface area contributed by atoms with E-state index < -0.39 is 0 Å². The van der Waals surface area contributed by atoms with E-state index in [9.17, 15) is 9.59 Å². The first kappa shape index (κ1) is 21.5. The molecule has 0 bridgehead atoms. The highest BCUT2D eigenvalue weighted by atomic mass is 32.2. The highest BCUT2D eigenvalue weighted by Gasteiger charge is 2.20. The third-order valence-corrected chi connectivity index (χ3v) is 6.75. The molecule has 1 aliphatic heterocycles. The van der Waals surface area contributed by atoms with Gasteiger partial charge in [0, 0.05) is 21.9 Å². The van der Waals surface area contributed by atoms with Gasteiger partial charge in [-0.25, -0.2) is 0 Å². The van der Waals surface area contributed by atoms with Crippen molar-refractivity contribution < 1.29 is 9.59 Å². The molecule has 0 aromatic heterocycles. The summed E-state index contributed by atoms with van der Waals surface area (Å²) in [6.45, 7) is 0.385. The van der Waals surface area contributed by atoms with Gasteiger partial charge < -0.3 is 10.6 Å². The number of nitriles is 1. The minimum Gasteiger partial charge on any atom is -0.348 e. The molecule has 5 nitrogen and oxygen atoms in total. The lowest BCUT2D eigenvalue weighted by Gasteiger charge is -2.10. The van der Waals surface area contributed by atoms with Gasteiger partial charge >= 0.3 is 0 Å². The van der Waals surface area contributed by atoms with Crippen LogP contribution in [0.1, 0.15) is 31.8 Å². The van der Waals surface area contributed by atoms with Crippen molar-refractivity contribution in [1.82, 2.24) is 5.32 Å². The van der Waals surface area contributed by atoms with E-state index in [2.05, 4.69) is 16.7 Å². The van der Waals surface area contributed by atoms with E-state index >= 15 is 0 Å². The summed E-state index contributed by atoms with van der Waals surface area (Å²) in [5.41, 5.74) is 5.41. The van der Waals surface area contributed by atoms with Crippen molar-refractivity contribution in [2.45, 2.75) is 16.3 Å². The van der Waals surface area contributed by atoms with E-state index in [1.807, 2.05) is 60.7 Å². The number of benzene rings is 4. The number of amides is 2. The second kappa shape index (κ2) is 9.26. The largest absolute Gasteiger partial charge is 0.348 e. The van der Waals surface area contributed by atoms with Crippen LogP contribution in [0, 0.1) is 11.3 Å². The fraction of sp³-hybridized carbons (Fsp3) is 0.0357. The molecule has 0 fully saturated rings. The second-order valence-corrected chi connectivity index (χ2v) is 8.92. The molecule has 5 rings (SSSR count). The molecule has 2 N–H and O–H groups in total. The molecule has 0 saturated carbocycles. The summed E-state index contributed by atoms with van der Waals surface area (Å²) in [6, 6.07) is 30.3. The van der Waals surface area contributed by atoms with E-state index in [0.29, 0.717) is 28.9 Å². The van der Waals surface area contributed by atoms with Crippen LogP contribution in [0.15, 0.2) is 101 Å². The van der Waals surface area contributed by atoms with Crippen LogP contribution in [-0.2, 0) is 6.54 Å². The molecule has 0 unspecified atom stereocenters. The maximum Gasteiger partial charge on any atom is 0.256 e. The lowest BCUT2D eigenvalue weighted by atomic mass is 10.0. The Balaban J connectivity index is 1.26. The first-order valence-electron chi connectivity index (χ1n) is 10.7. The highest BCUT2D eigenvalue weighted by molar-refractivity contribution is 7.99. The second-order valence-electron chi connectivity index (χ2n) is 7.83. The third kappa shape index (κ3) is 4.42. The average Bonchev–Trinajstić information content (AvgIpc) is 3.03.